The predicted molar refractivity (Wildman–Crippen MR) is 89.6 cm³/mol. The number of hydrogen-bond donors (Lipinski definition) is 1. The summed E-state index contributed by atoms with van der Waals surface area (Å²) in [7, 11) is 0. The lowest BCUT2D eigenvalue weighted by atomic mass is 10.1. The Kier molecular flexibility index (Phi) is 6.37. The number of halogens is 2. The van der Waals surface area contributed by atoms with Crippen molar-refractivity contribution in [3.05, 3.63) is 64.1 Å². The highest BCUT2D eigenvalue weighted by Crippen LogP contribution is 2.23. The molecule has 0 saturated carbocycles. The van der Waals surface area contributed by atoms with Gasteiger partial charge in [0, 0.05) is 6.04 Å². The number of para-hydroxylation sites is 1. The van der Waals surface area contributed by atoms with Gasteiger partial charge < -0.3 is 10.1 Å². The van der Waals surface area contributed by atoms with Gasteiger partial charge in [-0.1, -0.05) is 54.4 Å². The standard InChI is InChI=1S/C17H19Cl2NO/c1-2-20-14(12-21-15-6-4-3-5-7-15)10-13-8-9-16(18)17(19)11-13/h3-9,11,14,20H,2,10,12H2,1H3. The van der Waals surface area contributed by atoms with Gasteiger partial charge in [-0.3, -0.25) is 0 Å². The Bertz CT molecular complexity index is 560. The van der Waals surface area contributed by atoms with E-state index in [0.717, 1.165) is 24.3 Å². The first-order valence-corrected chi connectivity index (χ1v) is 7.79. The molecule has 21 heavy (non-hydrogen) atoms. The smallest absolute Gasteiger partial charge is 0.119 e. The minimum Gasteiger partial charge on any atom is -0.492 e. The van der Waals surface area contributed by atoms with E-state index in [1.54, 1.807) is 0 Å². The Labute approximate surface area is 136 Å². The summed E-state index contributed by atoms with van der Waals surface area (Å²) in [6, 6.07) is 15.8. The van der Waals surface area contributed by atoms with Crippen molar-refractivity contribution in [2.45, 2.75) is 19.4 Å². The second-order valence-corrected chi connectivity index (χ2v) is 5.65. The average molecular weight is 324 g/mol. The molecule has 0 bridgehead atoms. The maximum absolute atomic E-state index is 6.06. The van der Waals surface area contributed by atoms with Crippen LogP contribution in [-0.4, -0.2) is 19.2 Å². The van der Waals surface area contributed by atoms with Crippen LogP contribution in [0.3, 0.4) is 0 Å². The molecule has 1 N–H and O–H groups in total. The molecule has 0 fully saturated rings. The molecule has 2 rings (SSSR count). The van der Waals surface area contributed by atoms with Gasteiger partial charge in [0.25, 0.3) is 0 Å². The van der Waals surface area contributed by atoms with Crippen molar-refractivity contribution in [3.63, 3.8) is 0 Å². The first kappa shape index (κ1) is 16.2. The van der Waals surface area contributed by atoms with Crippen molar-refractivity contribution in [1.82, 2.24) is 5.32 Å². The minimum atomic E-state index is 0.229. The number of likely N-dealkylation sites (N-methyl/N-ethyl adjacent to an activating group) is 1. The molecule has 2 aromatic carbocycles. The van der Waals surface area contributed by atoms with E-state index in [1.165, 1.54) is 0 Å². The molecule has 112 valence electrons. The highest BCUT2D eigenvalue weighted by molar-refractivity contribution is 6.42. The van der Waals surface area contributed by atoms with Crippen LogP contribution in [0.1, 0.15) is 12.5 Å². The monoisotopic (exact) mass is 323 g/mol. The van der Waals surface area contributed by atoms with Crippen LogP contribution in [0.2, 0.25) is 10.0 Å². The zero-order valence-electron chi connectivity index (χ0n) is 12.0. The summed E-state index contributed by atoms with van der Waals surface area (Å²) in [6.45, 7) is 3.59. The Morgan fingerprint density at radius 2 is 1.81 bits per heavy atom. The zero-order valence-corrected chi connectivity index (χ0v) is 13.5. The maximum Gasteiger partial charge on any atom is 0.119 e. The normalized spacial score (nSPS) is 12.1. The van der Waals surface area contributed by atoms with Crippen LogP contribution in [-0.2, 0) is 6.42 Å². The van der Waals surface area contributed by atoms with E-state index < -0.39 is 0 Å². The molecule has 0 amide bonds. The topological polar surface area (TPSA) is 21.3 Å². The fourth-order valence-electron chi connectivity index (χ4n) is 2.14. The van der Waals surface area contributed by atoms with Crippen molar-refractivity contribution < 1.29 is 4.74 Å². The van der Waals surface area contributed by atoms with Gasteiger partial charge in [0.2, 0.25) is 0 Å². The minimum absolute atomic E-state index is 0.229. The fourth-order valence-corrected chi connectivity index (χ4v) is 2.46. The Morgan fingerprint density at radius 3 is 2.48 bits per heavy atom. The van der Waals surface area contributed by atoms with E-state index in [1.807, 2.05) is 48.5 Å². The van der Waals surface area contributed by atoms with Gasteiger partial charge in [-0.05, 0) is 42.8 Å². The molecule has 0 aromatic heterocycles. The van der Waals surface area contributed by atoms with Gasteiger partial charge >= 0.3 is 0 Å². The lowest BCUT2D eigenvalue weighted by Gasteiger charge is -2.19. The van der Waals surface area contributed by atoms with Gasteiger partial charge in [-0.2, -0.15) is 0 Å². The van der Waals surface area contributed by atoms with Gasteiger partial charge in [-0.15, -0.1) is 0 Å². The van der Waals surface area contributed by atoms with Crippen LogP contribution >= 0.6 is 23.2 Å². The van der Waals surface area contributed by atoms with Gasteiger partial charge in [0.1, 0.15) is 12.4 Å². The summed E-state index contributed by atoms with van der Waals surface area (Å²) in [5.74, 6) is 0.884. The van der Waals surface area contributed by atoms with Gasteiger partial charge in [0.15, 0.2) is 0 Å². The fraction of sp³-hybridized carbons (Fsp3) is 0.294. The van der Waals surface area contributed by atoms with Gasteiger partial charge in [0.05, 0.1) is 10.0 Å². The third kappa shape index (κ3) is 5.24. The Morgan fingerprint density at radius 1 is 1.05 bits per heavy atom. The number of ether oxygens (including phenoxy) is 1. The van der Waals surface area contributed by atoms with E-state index in [0.29, 0.717) is 16.7 Å². The summed E-state index contributed by atoms with van der Waals surface area (Å²) in [6.07, 6.45) is 0.845. The highest BCUT2D eigenvalue weighted by Gasteiger charge is 2.10. The molecule has 1 unspecified atom stereocenters. The third-order valence-corrected chi connectivity index (χ3v) is 3.89. The Hall–Kier alpha value is -1.22. The van der Waals surface area contributed by atoms with Crippen molar-refractivity contribution in [3.8, 4) is 5.75 Å². The number of rotatable bonds is 7. The quantitative estimate of drug-likeness (QED) is 0.804. The van der Waals surface area contributed by atoms with Crippen LogP contribution in [0.15, 0.2) is 48.5 Å². The van der Waals surface area contributed by atoms with Crippen molar-refractivity contribution >= 4 is 23.2 Å². The first-order chi connectivity index (χ1) is 10.2. The first-order valence-electron chi connectivity index (χ1n) is 7.04. The molecule has 0 aliphatic carbocycles. The summed E-state index contributed by atoms with van der Waals surface area (Å²) >= 11 is 12.0. The molecule has 2 nitrogen and oxygen atoms in total. The van der Waals surface area contributed by atoms with Crippen molar-refractivity contribution in [1.29, 1.82) is 0 Å². The summed E-state index contributed by atoms with van der Waals surface area (Å²) < 4.78 is 5.83. The van der Waals surface area contributed by atoms with E-state index in [2.05, 4.69) is 12.2 Å². The number of benzene rings is 2. The summed E-state index contributed by atoms with van der Waals surface area (Å²) in [5.41, 5.74) is 1.15. The van der Waals surface area contributed by atoms with Gasteiger partial charge in [-0.25, -0.2) is 0 Å². The van der Waals surface area contributed by atoms with E-state index in [4.69, 9.17) is 27.9 Å². The zero-order chi connectivity index (χ0) is 15.1. The Balaban J connectivity index is 1.96. The maximum atomic E-state index is 6.06. The SMILES string of the molecule is CCNC(COc1ccccc1)Cc1ccc(Cl)c(Cl)c1. The molecule has 0 heterocycles. The van der Waals surface area contributed by atoms with Crippen LogP contribution in [0, 0.1) is 0 Å². The number of nitrogens with one attached hydrogen (secondary N) is 1. The predicted octanol–water partition coefficient (Wildman–Crippen LogP) is 4.59. The second kappa shape index (κ2) is 8.28. The van der Waals surface area contributed by atoms with Crippen LogP contribution in [0.4, 0.5) is 0 Å². The lowest BCUT2D eigenvalue weighted by molar-refractivity contribution is 0.265. The second-order valence-electron chi connectivity index (χ2n) is 4.83. The largest absolute Gasteiger partial charge is 0.492 e. The molecule has 0 spiro atoms. The van der Waals surface area contributed by atoms with Crippen LogP contribution in [0.5, 0.6) is 5.75 Å². The number of hydrogen-bond acceptors (Lipinski definition) is 2. The van der Waals surface area contributed by atoms with Crippen LogP contribution in [0.25, 0.3) is 0 Å². The molecule has 1 atom stereocenters. The third-order valence-electron chi connectivity index (χ3n) is 3.15. The van der Waals surface area contributed by atoms with Crippen molar-refractivity contribution in [2.75, 3.05) is 13.2 Å². The summed E-state index contributed by atoms with van der Waals surface area (Å²) in [4.78, 5) is 0. The molecular weight excluding hydrogens is 305 g/mol. The van der Waals surface area contributed by atoms with E-state index in [-0.39, 0.29) is 6.04 Å². The lowest BCUT2D eigenvalue weighted by Crippen LogP contribution is -2.36. The summed E-state index contributed by atoms with van der Waals surface area (Å²) in [5, 5.41) is 4.61. The van der Waals surface area contributed by atoms with E-state index >= 15 is 0 Å². The molecular formula is C17H19Cl2NO. The molecule has 0 saturated heterocycles. The average Bonchev–Trinajstić information content (AvgIpc) is 2.50. The molecule has 2 aromatic rings. The molecule has 0 aliphatic rings. The van der Waals surface area contributed by atoms with E-state index in [9.17, 15) is 0 Å². The molecule has 0 aliphatic heterocycles. The molecule has 0 radical (unpaired) electrons. The highest BCUT2D eigenvalue weighted by atomic mass is 35.5. The molecule has 4 heteroatoms. The van der Waals surface area contributed by atoms with Crippen LogP contribution < -0.4 is 10.1 Å². The van der Waals surface area contributed by atoms with Crippen molar-refractivity contribution in [2.24, 2.45) is 0 Å².